The van der Waals surface area contributed by atoms with Crippen molar-refractivity contribution < 1.29 is 4.79 Å². The molecule has 1 heterocycles. The Morgan fingerprint density at radius 2 is 1.92 bits per heavy atom. The zero-order valence-electron chi connectivity index (χ0n) is 14.6. The van der Waals surface area contributed by atoms with E-state index >= 15 is 0 Å². The molecule has 1 N–H and O–H groups in total. The number of amides is 1. The van der Waals surface area contributed by atoms with Crippen LogP contribution in [0.5, 0.6) is 0 Å². The van der Waals surface area contributed by atoms with E-state index in [4.69, 9.17) is 0 Å². The number of hydrogen-bond acceptors (Lipinski definition) is 4. The van der Waals surface area contributed by atoms with Gasteiger partial charge in [-0.15, -0.1) is 0 Å². The van der Waals surface area contributed by atoms with Gasteiger partial charge in [0.25, 0.3) is 5.91 Å². The third-order valence-electron chi connectivity index (χ3n) is 4.25. The summed E-state index contributed by atoms with van der Waals surface area (Å²) in [5.41, 5.74) is 2.14. The van der Waals surface area contributed by atoms with Crippen molar-refractivity contribution in [2.75, 3.05) is 38.5 Å². The number of carbonyl (C=O) groups excluding carboxylic acids is 1. The van der Waals surface area contributed by atoms with Gasteiger partial charge in [0.05, 0.1) is 0 Å². The summed E-state index contributed by atoms with van der Waals surface area (Å²) in [6, 6.07) is 9.87. The van der Waals surface area contributed by atoms with Crippen LogP contribution in [-0.4, -0.2) is 48.9 Å². The topological polar surface area (TPSA) is 59.4 Å². The van der Waals surface area contributed by atoms with Crippen LogP contribution in [0.4, 0.5) is 5.69 Å². The molecular formula is C19H26N4O. The van der Waals surface area contributed by atoms with Gasteiger partial charge in [0.1, 0.15) is 11.6 Å². The minimum absolute atomic E-state index is 0.148. The Morgan fingerprint density at radius 1 is 1.25 bits per heavy atom. The van der Waals surface area contributed by atoms with Crippen molar-refractivity contribution in [2.45, 2.75) is 26.2 Å². The highest BCUT2D eigenvalue weighted by Gasteiger charge is 2.15. The van der Waals surface area contributed by atoms with Crippen LogP contribution in [0.15, 0.2) is 36.0 Å². The fraction of sp³-hybridized carbons (Fsp3) is 0.474. The van der Waals surface area contributed by atoms with Gasteiger partial charge < -0.3 is 15.1 Å². The molecule has 1 saturated heterocycles. The number of anilines is 1. The van der Waals surface area contributed by atoms with E-state index in [-0.39, 0.29) is 11.5 Å². The zero-order valence-corrected chi connectivity index (χ0v) is 14.6. The molecule has 5 nitrogen and oxygen atoms in total. The van der Waals surface area contributed by atoms with Gasteiger partial charge >= 0.3 is 0 Å². The standard InChI is InChI=1S/C19H26N4O/c1-3-4-5-16-6-8-18(9-7-16)21-19(24)17(14-20)15-23-12-10-22(2)11-13-23/h6-9,15H,3-5,10-13H2,1-2H3,(H,21,24)/b17-15-. The highest BCUT2D eigenvalue weighted by molar-refractivity contribution is 6.06. The minimum Gasteiger partial charge on any atom is -0.374 e. The smallest absolute Gasteiger partial charge is 0.267 e. The molecule has 0 unspecified atom stereocenters. The Balaban J connectivity index is 1.95. The first kappa shape index (κ1) is 18.0. The fourth-order valence-corrected chi connectivity index (χ4v) is 2.61. The lowest BCUT2D eigenvalue weighted by Gasteiger charge is -2.31. The third kappa shape index (κ3) is 5.39. The normalized spacial score (nSPS) is 15.9. The van der Waals surface area contributed by atoms with Crippen LogP contribution in [0.1, 0.15) is 25.3 Å². The molecule has 0 spiro atoms. The second kappa shape index (κ2) is 9.09. The van der Waals surface area contributed by atoms with Crippen LogP contribution in [-0.2, 0) is 11.2 Å². The number of carbonyl (C=O) groups is 1. The van der Waals surface area contributed by atoms with Crippen LogP contribution in [0.2, 0.25) is 0 Å². The molecule has 128 valence electrons. The molecule has 0 aliphatic carbocycles. The number of nitrogens with zero attached hydrogens (tertiary/aromatic N) is 3. The Bertz CT molecular complexity index is 607. The summed E-state index contributed by atoms with van der Waals surface area (Å²) in [6.45, 7) is 5.72. The molecule has 0 bridgehead atoms. The van der Waals surface area contributed by atoms with Crippen LogP contribution in [0.3, 0.4) is 0 Å². The molecule has 5 heteroatoms. The van der Waals surface area contributed by atoms with Crippen molar-refractivity contribution in [1.82, 2.24) is 9.80 Å². The molecule has 1 aromatic rings. The summed E-state index contributed by atoms with van der Waals surface area (Å²) < 4.78 is 0. The van der Waals surface area contributed by atoms with Crippen molar-refractivity contribution in [3.63, 3.8) is 0 Å². The average molecular weight is 326 g/mol. The first-order valence-electron chi connectivity index (χ1n) is 8.57. The first-order chi connectivity index (χ1) is 11.6. The van der Waals surface area contributed by atoms with Gasteiger partial charge in [0, 0.05) is 38.1 Å². The van der Waals surface area contributed by atoms with E-state index in [0.29, 0.717) is 0 Å². The van der Waals surface area contributed by atoms with Crippen molar-refractivity contribution in [1.29, 1.82) is 5.26 Å². The van der Waals surface area contributed by atoms with E-state index in [9.17, 15) is 10.1 Å². The van der Waals surface area contributed by atoms with Crippen LogP contribution in [0.25, 0.3) is 0 Å². The lowest BCUT2D eigenvalue weighted by atomic mass is 10.1. The average Bonchev–Trinajstić information content (AvgIpc) is 2.60. The largest absolute Gasteiger partial charge is 0.374 e. The lowest BCUT2D eigenvalue weighted by molar-refractivity contribution is -0.112. The number of rotatable bonds is 6. The minimum atomic E-state index is -0.349. The van der Waals surface area contributed by atoms with Crippen LogP contribution >= 0.6 is 0 Å². The van der Waals surface area contributed by atoms with Crippen molar-refractivity contribution in [3.05, 3.63) is 41.6 Å². The van der Waals surface area contributed by atoms with E-state index < -0.39 is 0 Å². The fourth-order valence-electron chi connectivity index (χ4n) is 2.61. The van der Waals surface area contributed by atoms with Crippen LogP contribution < -0.4 is 5.32 Å². The highest BCUT2D eigenvalue weighted by atomic mass is 16.1. The Labute approximate surface area is 144 Å². The second-order valence-electron chi connectivity index (χ2n) is 6.25. The molecular weight excluding hydrogens is 300 g/mol. The predicted molar refractivity (Wildman–Crippen MR) is 96.4 cm³/mol. The number of likely N-dealkylation sites (N-methyl/N-ethyl adjacent to an activating group) is 1. The summed E-state index contributed by atoms with van der Waals surface area (Å²) in [4.78, 5) is 16.6. The summed E-state index contributed by atoms with van der Waals surface area (Å²) in [5, 5.41) is 12.1. The van der Waals surface area contributed by atoms with E-state index in [1.54, 1.807) is 6.20 Å². The zero-order chi connectivity index (χ0) is 17.4. The van der Waals surface area contributed by atoms with Crippen molar-refractivity contribution in [2.24, 2.45) is 0 Å². The van der Waals surface area contributed by atoms with Crippen molar-refractivity contribution >= 4 is 11.6 Å². The highest BCUT2D eigenvalue weighted by Crippen LogP contribution is 2.13. The molecule has 2 rings (SSSR count). The molecule has 1 fully saturated rings. The molecule has 1 amide bonds. The lowest BCUT2D eigenvalue weighted by Crippen LogP contribution is -2.42. The van der Waals surface area contributed by atoms with Gasteiger partial charge in [-0.05, 0) is 37.6 Å². The predicted octanol–water partition coefficient (Wildman–Crippen LogP) is 2.62. The Hall–Kier alpha value is -2.32. The number of aryl methyl sites for hydroxylation is 1. The summed E-state index contributed by atoms with van der Waals surface area (Å²) >= 11 is 0. The molecule has 0 aromatic heterocycles. The van der Waals surface area contributed by atoms with Gasteiger partial charge in [-0.2, -0.15) is 5.26 Å². The maximum Gasteiger partial charge on any atom is 0.267 e. The van der Waals surface area contributed by atoms with Gasteiger partial charge in [-0.3, -0.25) is 4.79 Å². The van der Waals surface area contributed by atoms with E-state index in [1.165, 1.54) is 12.0 Å². The maximum absolute atomic E-state index is 12.3. The van der Waals surface area contributed by atoms with Gasteiger partial charge in [-0.1, -0.05) is 25.5 Å². The number of nitriles is 1. The molecule has 0 radical (unpaired) electrons. The molecule has 24 heavy (non-hydrogen) atoms. The monoisotopic (exact) mass is 326 g/mol. The summed E-state index contributed by atoms with van der Waals surface area (Å²) in [7, 11) is 2.07. The van der Waals surface area contributed by atoms with E-state index in [1.807, 2.05) is 35.2 Å². The molecule has 0 atom stereocenters. The molecule has 0 saturated carbocycles. The number of piperazine rings is 1. The number of benzene rings is 1. The third-order valence-corrected chi connectivity index (χ3v) is 4.25. The number of unbranched alkanes of at least 4 members (excludes halogenated alkanes) is 1. The van der Waals surface area contributed by atoms with Crippen molar-refractivity contribution in [3.8, 4) is 6.07 Å². The SMILES string of the molecule is CCCCc1ccc(NC(=O)/C(C#N)=C\N2CCN(C)CC2)cc1. The van der Waals surface area contributed by atoms with E-state index in [0.717, 1.165) is 44.7 Å². The summed E-state index contributed by atoms with van der Waals surface area (Å²) in [5.74, 6) is -0.349. The first-order valence-corrected chi connectivity index (χ1v) is 8.57. The summed E-state index contributed by atoms with van der Waals surface area (Å²) in [6.07, 6.45) is 5.06. The second-order valence-corrected chi connectivity index (χ2v) is 6.25. The Kier molecular flexibility index (Phi) is 6.83. The quantitative estimate of drug-likeness (QED) is 0.645. The number of nitrogens with one attached hydrogen (secondary N) is 1. The molecule has 1 aromatic carbocycles. The van der Waals surface area contributed by atoms with Gasteiger partial charge in [-0.25, -0.2) is 0 Å². The Morgan fingerprint density at radius 3 is 2.50 bits per heavy atom. The van der Waals surface area contributed by atoms with Gasteiger partial charge in [0.2, 0.25) is 0 Å². The van der Waals surface area contributed by atoms with Crippen LogP contribution in [0, 0.1) is 11.3 Å². The van der Waals surface area contributed by atoms with E-state index in [2.05, 4.69) is 24.2 Å². The maximum atomic E-state index is 12.3. The van der Waals surface area contributed by atoms with Gasteiger partial charge in [0.15, 0.2) is 0 Å². The molecule has 1 aliphatic rings. The molecule has 1 aliphatic heterocycles. The number of hydrogen-bond donors (Lipinski definition) is 1.